The monoisotopic (exact) mass is 476 g/mol. The lowest BCUT2D eigenvalue weighted by Crippen LogP contribution is -2.25. The van der Waals surface area contributed by atoms with Gasteiger partial charge in [-0.2, -0.15) is 0 Å². The average Bonchev–Trinajstić information content (AvgIpc) is 2.81. The maximum atomic E-state index is 14.3. The molecule has 0 spiro atoms. The molecule has 0 aliphatic heterocycles. The zero-order valence-electron chi connectivity index (χ0n) is 21.7. The van der Waals surface area contributed by atoms with Crippen LogP contribution < -0.4 is 0 Å². The predicted molar refractivity (Wildman–Crippen MR) is 151 cm³/mol. The number of hydrogen-bond acceptors (Lipinski definition) is 1. The molecule has 0 bridgehead atoms. The van der Waals surface area contributed by atoms with Crippen molar-refractivity contribution in [1.29, 1.82) is 0 Å². The quantitative estimate of drug-likeness (QED) is 0.256. The number of fused-ring (bicyclic) bond motifs is 2. The van der Waals surface area contributed by atoms with Gasteiger partial charge >= 0.3 is 0 Å². The summed E-state index contributed by atoms with van der Waals surface area (Å²) in [6.45, 7) is 11.3. The van der Waals surface area contributed by atoms with Crippen LogP contribution in [-0.4, -0.2) is 5.11 Å². The number of phenolic OH excluding ortho intramolecular Hbond substituents is 1. The van der Waals surface area contributed by atoms with Gasteiger partial charge < -0.3 is 5.11 Å². The smallest absolute Gasteiger partial charge is 0.131 e. The Morgan fingerprint density at radius 2 is 1.25 bits per heavy atom. The molecule has 0 heterocycles. The number of benzene rings is 5. The van der Waals surface area contributed by atoms with E-state index in [1.54, 1.807) is 6.07 Å². The van der Waals surface area contributed by atoms with Crippen LogP contribution in [-0.2, 0) is 5.41 Å². The van der Waals surface area contributed by atoms with E-state index in [0.717, 1.165) is 44.7 Å². The van der Waals surface area contributed by atoms with Crippen LogP contribution in [0.2, 0.25) is 0 Å². The maximum absolute atomic E-state index is 14.3. The molecule has 5 rings (SSSR count). The van der Waals surface area contributed by atoms with Gasteiger partial charge in [-0.3, -0.25) is 0 Å². The summed E-state index contributed by atoms with van der Waals surface area (Å²) in [6, 6.07) is 29.5. The third kappa shape index (κ3) is 4.48. The number of rotatable bonds is 4. The Labute approximate surface area is 213 Å². The summed E-state index contributed by atoms with van der Waals surface area (Å²) in [5.74, 6) is -0.138. The highest BCUT2D eigenvalue weighted by Crippen LogP contribution is 2.48. The van der Waals surface area contributed by atoms with Gasteiger partial charge in [0.05, 0.1) is 0 Å². The second-order valence-electron chi connectivity index (χ2n) is 11.7. The number of phenols is 1. The molecule has 0 aromatic heterocycles. The first kappa shape index (κ1) is 24.1. The van der Waals surface area contributed by atoms with Gasteiger partial charge in [-0.05, 0) is 80.3 Å². The first-order valence-electron chi connectivity index (χ1n) is 12.6. The summed E-state index contributed by atoms with van der Waals surface area (Å²) in [5, 5.41) is 16.2. The number of hydrogen-bond donors (Lipinski definition) is 1. The molecule has 0 atom stereocenters. The first-order valence-corrected chi connectivity index (χ1v) is 12.6. The van der Waals surface area contributed by atoms with Crippen molar-refractivity contribution in [3.05, 3.63) is 102 Å². The SMILES string of the molecule is CC(C)(C)CC(C)(C)c1cc(-c2cccc(F)c2)c(O)c(-c2c3ccccc3cc3ccccc23)c1. The fourth-order valence-electron chi connectivity index (χ4n) is 5.82. The lowest BCUT2D eigenvalue weighted by atomic mass is 9.71. The van der Waals surface area contributed by atoms with Crippen LogP contribution in [0.5, 0.6) is 5.75 Å². The highest BCUT2D eigenvalue weighted by atomic mass is 19.1. The normalized spacial score (nSPS) is 12.4. The van der Waals surface area contributed by atoms with Gasteiger partial charge in [0.2, 0.25) is 0 Å². The fraction of sp³-hybridized carbons (Fsp3) is 0.235. The van der Waals surface area contributed by atoms with Crippen molar-refractivity contribution < 1.29 is 9.50 Å². The van der Waals surface area contributed by atoms with Crippen molar-refractivity contribution >= 4 is 21.5 Å². The molecule has 0 aliphatic carbocycles. The van der Waals surface area contributed by atoms with E-state index < -0.39 is 0 Å². The Kier molecular flexibility index (Phi) is 5.87. The van der Waals surface area contributed by atoms with E-state index in [2.05, 4.69) is 71.0 Å². The molecule has 0 fully saturated rings. The van der Waals surface area contributed by atoms with Gasteiger partial charge in [-0.15, -0.1) is 0 Å². The van der Waals surface area contributed by atoms with Crippen LogP contribution in [0.15, 0.2) is 91.0 Å². The molecule has 0 saturated heterocycles. The molecule has 36 heavy (non-hydrogen) atoms. The van der Waals surface area contributed by atoms with E-state index in [1.165, 1.54) is 12.1 Å². The molecule has 1 N–H and O–H groups in total. The third-order valence-corrected chi connectivity index (χ3v) is 7.04. The standard InChI is InChI=1S/C34H33FO/c1-33(2,3)21-34(4,5)25-19-29(24-13-10-14-26(35)18-24)32(36)30(20-25)31-27-15-8-6-11-22(27)17-23-12-7-9-16-28(23)31/h6-20,36H,21H2,1-5H3. The zero-order chi connectivity index (χ0) is 25.7. The minimum absolute atomic E-state index is 0.118. The zero-order valence-corrected chi connectivity index (χ0v) is 21.7. The summed E-state index contributed by atoms with van der Waals surface area (Å²) in [5.41, 5.74) is 4.19. The Balaban J connectivity index is 1.90. The highest BCUT2D eigenvalue weighted by Gasteiger charge is 2.30. The van der Waals surface area contributed by atoms with Crippen LogP contribution in [0.25, 0.3) is 43.8 Å². The van der Waals surface area contributed by atoms with Gasteiger partial charge in [0, 0.05) is 16.7 Å². The van der Waals surface area contributed by atoms with Gasteiger partial charge in [-0.1, -0.05) is 95.3 Å². The van der Waals surface area contributed by atoms with Gasteiger partial charge in [0.15, 0.2) is 0 Å². The summed E-state index contributed by atoms with van der Waals surface area (Å²) in [7, 11) is 0. The largest absolute Gasteiger partial charge is 0.507 e. The minimum atomic E-state index is -0.316. The Bertz CT molecular complexity index is 1530. The van der Waals surface area contributed by atoms with Crippen molar-refractivity contribution in [1.82, 2.24) is 0 Å². The Hall–Kier alpha value is -3.65. The molecule has 0 amide bonds. The van der Waals surface area contributed by atoms with Crippen molar-refractivity contribution in [3.63, 3.8) is 0 Å². The minimum Gasteiger partial charge on any atom is -0.507 e. The van der Waals surface area contributed by atoms with E-state index in [0.29, 0.717) is 11.1 Å². The molecule has 0 radical (unpaired) electrons. The Morgan fingerprint density at radius 3 is 1.83 bits per heavy atom. The van der Waals surface area contributed by atoms with E-state index in [1.807, 2.05) is 36.4 Å². The molecular formula is C34H33FO. The van der Waals surface area contributed by atoms with Crippen LogP contribution in [0.1, 0.15) is 46.6 Å². The molecule has 0 saturated carbocycles. The van der Waals surface area contributed by atoms with Crippen LogP contribution in [0.4, 0.5) is 4.39 Å². The van der Waals surface area contributed by atoms with Crippen molar-refractivity contribution in [3.8, 4) is 28.0 Å². The topological polar surface area (TPSA) is 20.2 Å². The highest BCUT2D eigenvalue weighted by molar-refractivity contribution is 6.14. The van der Waals surface area contributed by atoms with E-state index in [4.69, 9.17) is 0 Å². The summed E-state index contributed by atoms with van der Waals surface area (Å²) in [6.07, 6.45) is 0.961. The fourth-order valence-corrected chi connectivity index (χ4v) is 5.82. The average molecular weight is 477 g/mol. The van der Waals surface area contributed by atoms with Crippen molar-refractivity contribution in [2.75, 3.05) is 0 Å². The molecule has 182 valence electrons. The first-order chi connectivity index (χ1) is 17.0. The number of aromatic hydroxyl groups is 1. The third-order valence-electron chi connectivity index (χ3n) is 7.04. The molecule has 5 aromatic rings. The molecule has 0 unspecified atom stereocenters. The van der Waals surface area contributed by atoms with Crippen molar-refractivity contribution in [2.45, 2.75) is 46.5 Å². The Morgan fingerprint density at radius 1 is 0.667 bits per heavy atom. The van der Waals surface area contributed by atoms with E-state index >= 15 is 0 Å². The van der Waals surface area contributed by atoms with Gasteiger partial charge in [-0.25, -0.2) is 4.39 Å². The lowest BCUT2D eigenvalue weighted by Gasteiger charge is -2.34. The van der Waals surface area contributed by atoms with Crippen LogP contribution in [0, 0.1) is 11.2 Å². The second-order valence-corrected chi connectivity index (χ2v) is 11.7. The van der Waals surface area contributed by atoms with Gasteiger partial charge in [0.1, 0.15) is 11.6 Å². The van der Waals surface area contributed by atoms with E-state index in [-0.39, 0.29) is 22.4 Å². The summed E-state index contributed by atoms with van der Waals surface area (Å²) < 4.78 is 14.3. The van der Waals surface area contributed by atoms with Gasteiger partial charge in [0.25, 0.3) is 0 Å². The van der Waals surface area contributed by atoms with Crippen LogP contribution >= 0.6 is 0 Å². The van der Waals surface area contributed by atoms with Crippen molar-refractivity contribution in [2.24, 2.45) is 5.41 Å². The lowest BCUT2D eigenvalue weighted by molar-refractivity contribution is 0.284. The summed E-state index contributed by atoms with van der Waals surface area (Å²) in [4.78, 5) is 0. The molecule has 0 aliphatic rings. The second kappa shape index (κ2) is 8.78. The number of halogens is 1. The predicted octanol–water partition coefficient (Wildman–Crippen LogP) is 9.89. The maximum Gasteiger partial charge on any atom is 0.131 e. The summed E-state index contributed by atoms with van der Waals surface area (Å²) >= 11 is 0. The van der Waals surface area contributed by atoms with Crippen LogP contribution in [0.3, 0.4) is 0 Å². The van der Waals surface area contributed by atoms with E-state index in [9.17, 15) is 9.50 Å². The molecule has 2 heteroatoms. The molecule has 5 aromatic carbocycles. The molecular weight excluding hydrogens is 443 g/mol. The molecule has 1 nitrogen and oxygen atoms in total.